The van der Waals surface area contributed by atoms with Gasteiger partial charge in [0.2, 0.25) is 0 Å². The van der Waals surface area contributed by atoms with Crippen molar-refractivity contribution in [2.24, 2.45) is 23.2 Å². The zero-order valence-electron chi connectivity index (χ0n) is 20.5. The molecule has 0 bridgehead atoms. The number of carbonyl (C=O) groups is 3. The van der Waals surface area contributed by atoms with Crippen LogP contribution < -0.4 is 0 Å². The van der Waals surface area contributed by atoms with Crippen molar-refractivity contribution in [2.75, 3.05) is 13.2 Å². The summed E-state index contributed by atoms with van der Waals surface area (Å²) in [5.74, 6) is 1.51. The molecule has 4 aliphatic rings. The summed E-state index contributed by atoms with van der Waals surface area (Å²) in [6.45, 7) is 4.69. The summed E-state index contributed by atoms with van der Waals surface area (Å²) in [5.41, 5.74) is 4.89. The zero-order valence-corrected chi connectivity index (χ0v) is 20.5. The number of hydrogen-bond acceptors (Lipinski definition) is 5. The third-order valence-corrected chi connectivity index (χ3v) is 8.72. The normalized spacial score (nSPS) is 30.8. The van der Waals surface area contributed by atoms with E-state index in [1.54, 1.807) is 5.57 Å². The first kappa shape index (κ1) is 24.2. The van der Waals surface area contributed by atoms with E-state index in [1.165, 1.54) is 43.3 Å². The minimum absolute atomic E-state index is 0.271. The first-order valence-electron chi connectivity index (χ1n) is 13.2. The maximum Gasteiger partial charge on any atom is 0.344 e. The maximum atomic E-state index is 12.0. The molecule has 182 valence electrons. The Morgan fingerprint density at radius 2 is 1.94 bits per heavy atom. The molecule has 4 aliphatic carbocycles. The van der Waals surface area contributed by atoms with Gasteiger partial charge in [-0.25, -0.2) is 4.79 Å². The third kappa shape index (κ3) is 5.60. The Bertz CT molecular complexity index is 837. The molecule has 0 aromatic carbocycles. The summed E-state index contributed by atoms with van der Waals surface area (Å²) >= 11 is 0. The average Bonchev–Trinajstić information content (AvgIpc) is 3.14. The smallest absolute Gasteiger partial charge is 0.344 e. The number of rotatable bonds is 9. The highest BCUT2D eigenvalue weighted by Crippen LogP contribution is 2.61. The van der Waals surface area contributed by atoms with Crippen LogP contribution in [0.1, 0.15) is 97.3 Å². The van der Waals surface area contributed by atoms with Crippen molar-refractivity contribution in [1.82, 2.24) is 0 Å². The lowest BCUT2D eigenvalue weighted by Gasteiger charge is -2.47. The molecular formula is C28H40O5. The average molecular weight is 457 g/mol. The summed E-state index contributed by atoms with van der Waals surface area (Å²) < 4.78 is 10.4. The van der Waals surface area contributed by atoms with Gasteiger partial charge in [0.05, 0.1) is 6.61 Å². The second kappa shape index (κ2) is 10.6. The van der Waals surface area contributed by atoms with E-state index in [-0.39, 0.29) is 12.6 Å². The molecule has 4 atom stereocenters. The molecule has 0 heterocycles. The fourth-order valence-corrected chi connectivity index (χ4v) is 7.07. The Hall–Kier alpha value is -1.91. The van der Waals surface area contributed by atoms with E-state index >= 15 is 0 Å². The van der Waals surface area contributed by atoms with E-state index in [4.69, 9.17) is 9.47 Å². The number of hydrogen-bond donors (Lipinski definition) is 0. The predicted molar refractivity (Wildman–Crippen MR) is 126 cm³/mol. The lowest BCUT2D eigenvalue weighted by atomic mass is 9.58. The Balaban J connectivity index is 1.25. The van der Waals surface area contributed by atoms with Gasteiger partial charge in [0, 0.05) is 12.8 Å². The molecule has 33 heavy (non-hydrogen) atoms. The fraction of sp³-hybridized carbons (Fsp3) is 0.750. The molecule has 0 unspecified atom stereocenters. The van der Waals surface area contributed by atoms with Crippen molar-refractivity contribution in [2.45, 2.75) is 97.3 Å². The number of fused-ring (bicyclic) bond motifs is 4. The zero-order chi connectivity index (χ0) is 23.4. The highest BCUT2D eigenvalue weighted by molar-refractivity contribution is 5.93. The third-order valence-electron chi connectivity index (χ3n) is 8.72. The second-order valence-electron chi connectivity index (χ2n) is 11.0. The number of allylic oxidation sites excluding steroid dienone is 4. The van der Waals surface area contributed by atoms with Crippen LogP contribution in [0.4, 0.5) is 0 Å². The van der Waals surface area contributed by atoms with Crippen LogP contribution in [-0.2, 0) is 23.9 Å². The summed E-state index contributed by atoms with van der Waals surface area (Å²) in [6.07, 6.45) is 14.7. The quantitative estimate of drug-likeness (QED) is 0.321. The van der Waals surface area contributed by atoms with Crippen LogP contribution in [0.25, 0.3) is 0 Å². The highest BCUT2D eigenvalue weighted by atomic mass is 16.6. The van der Waals surface area contributed by atoms with Gasteiger partial charge in [0.1, 0.15) is 0 Å². The SMILES string of the molecule is CCCCCC(=O)OCC(=O)OCC[C@H]1C[C@H]2[C@@H]3CCC4=CC(=O)CCC4=C3CC[C@]2(C)C1. The molecule has 2 fully saturated rings. The summed E-state index contributed by atoms with van der Waals surface area (Å²) in [5, 5.41) is 0. The molecular weight excluding hydrogens is 416 g/mol. The van der Waals surface area contributed by atoms with Crippen molar-refractivity contribution in [3.05, 3.63) is 22.8 Å². The van der Waals surface area contributed by atoms with Gasteiger partial charge in [-0.1, -0.05) is 32.3 Å². The van der Waals surface area contributed by atoms with Crippen molar-refractivity contribution >= 4 is 17.7 Å². The molecule has 0 aromatic rings. The Morgan fingerprint density at radius 3 is 2.76 bits per heavy atom. The van der Waals surface area contributed by atoms with Gasteiger partial charge < -0.3 is 9.47 Å². The lowest BCUT2D eigenvalue weighted by molar-refractivity contribution is -0.159. The Kier molecular flexibility index (Phi) is 7.76. The number of ketones is 1. The monoisotopic (exact) mass is 456 g/mol. The van der Waals surface area contributed by atoms with Crippen molar-refractivity contribution in [1.29, 1.82) is 0 Å². The highest BCUT2D eigenvalue weighted by Gasteiger charge is 2.51. The van der Waals surface area contributed by atoms with Gasteiger partial charge in [-0.05, 0) is 98.2 Å². The minimum Gasteiger partial charge on any atom is -0.463 e. The molecule has 0 saturated heterocycles. The van der Waals surface area contributed by atoms with Crippen molar-refractivity contribution in [3.8, 4) is 0 Å². The van der Waals surface area contributed by atoms with Crippen LogP contribution in [0.5, 0.6) is 0 Å². The van der Waals surface area contributed by atoms with E-state index in [0.29, 0.717) is 48.4 Å². The number of esters is 2. The minimum atomic E-state index is -0.439. The molecule has 0 aromatic heterocycles. The van der Waals surface area contributed by atoms with E-state index in [1.807, 2.05) is 6.08 Å². The summed E-state index contributed by atoms with van der Waals surface area (Å²) in [6, 6.07) is 0. The lowest BCUT2D eigenvalue weighted by Crippen LogP contribution is -2.36. The first-order chi connectivity index (χ1) is 15.9. The number of ether oxygens (including phenoxy) is 2. The number of carbonyl (C=O) groups excluding carboxylic acids is 3. The van der Waals surface area contributed by atoms with Gasteiger partial charge in [-0.3, -0.25) is 9.59 Å². The van der Waals surface area contributed by atoms with Crippen LogP contribution in [0.15, 0.2) is 22.8 Å². The van der Waals surface area contributed by atoms with Crippen LogP contribution in [0.2, 0.25) is 0 Å². The van der Waals surface area contributed by atoms with E-state index in [2.05, 4.69) is 13.8 Å². The van der Waals surface area contributed by atoms with Gasteiger partial charge >= 0.3 is 11.9 Å². The first-order valence-corrected chi connectivity index (χ1v) is 13.2. The molecule has 4 rings (SSSR count). The van der Waals surface area contributed by atoms with Crippen LogP contribution >= 0.6 is 0 Å². The van der Waals surface area contributed by atoms with E-state index in [0.717, 1.165) is 38.5 Å². The summed E-state index contributed by atoms with van der Waals surface area (Å²) in [7, 11) is 0. The number of unbranched alkanes of at least 4 members (excludes halogenated alkanes) is 2. The topological polar surface area (TPSA) is 69.7 Å². The molecule has 5 nitrogen and oxygen atoms in total. The van der Waals surface area contributed by atoms with Crippen molar-refractivity contribution < 1.29 is 23.9 Å². The van der Waals surface area contributed by atoms with Crippen molar-refractivity contribution in [3.63, 3.8) is 0 Å². The van der Waals surface area contributed by atoms with Crippen LogP contribution in [0.3, 0.4) is 0 Å². The Labute approximate surface area is 198 Å². The second-order valence-corrected chi connectivity index (χ2v) is 11.0. The largest absolute Gasteiger partial charge is 0.463 e. The van der Waals surface area contributed by atoms with E-state index < -0.39 is 5.97 Å². The molecule has 0 radical (unpaired) electrons. The van der Waals surface area contributed by atoms with Gasteiger partial charge in [0.15, 0.2) is 12.4 Å². The fourth-order valence-electron chi connectivity index (χ4n) is 7.07. The molecule has 2 saturated carbocycles. The molecule has 0 spiro atoms. The van der Waals surface area contributed by atoms with E-state index in [9.17, 15) is 14.4 Å². The molecule has 0 aliphatic heterocycles. The molecule has 5 heteroatoms. The van der Waals surface area contributed by atoms with Crippen LogP contribution in [0, 0.1) is 23.2 Å². The predicted octanol–water partition coefficient (Wildman–Crippen LogP) is 5.87. The molecule has 0 N–H and O–H groups in total. The maximum absolute atomic E-state index is 12.0. The standard InChI is InChI=1S/C28H40O5/c1-3-4-5-6-26(30)33-18-27(31)32-14-12-19-15-25-24-9-7-20-16-21(29)8-10-22(20)23(24)11-13-28(25,2)17-19/h16,19,24-25H,3-15,17-18H2,1-2H3/t19-,24+,25-,28+/m0/s1. The molecule has 0 amide bonds. The van der Waals surface area contributed by atoms with Gasteiger partial charge in [-0.15, -0.1) is 0 Å². The summed E-state index contributed by atoms with van der Waals surface area (Å²) in [4.78, 5) is 35.5. The Morgan fingerprint density at radius 1 is 1.09 bits per heavy atom. The van der Waals surface area contributed by atoms with Gasteiger partial charge in [-0.2, -0.15) is 0 Å². The van der Waals surface area contributed by atoms with Gasteiger partial charge in [0.25, 0.3) is 0 Å². The van der Waals surface area contributed by atoms with Crippen LogP contribution in [-0.4, -0.2) is 30.9 Å².